The Hall–Kier alpha value is -1.46. The maximum absolute atomic E-state index is 5.53. The molecule has 0 spiro atoms. The third-order valence-electron chi connectivity index (χ3n) is 2.41. The summed E-state index contributed by atoms with van der Waals surface area (Å²) in [5.74, 6) is 0. The van der Waals surface area contributed by atoms with Crippen LogP contribution in [-0.4, -0.2) is 27.5 Å². The first-order valence-corrected chi connectivity index (χ1v) is 5.01. The molecule has 0 aliphatic carbocycles. The molecule has 2 aromatic rings. The fraction of sp³-hybridized carbons (Fsp3) is 0.400. The number of aromatic amines is 1. The molecular weight excluding hydrogens is 190 g/mol. The van der Waals surface area contributed by atoms with Crippen molar-refractivity contribution in [2.75, 3.05) is 6.54 Å². The van der Waals surface area contributed by atoms with Crippen LogP contribution in [0.15, 0.2) is 18.6 Å². The van der Waals surface area contributed by atoms with Crippen LogP contribution in [0.2, 0.25) is 0 Å². The van der Waals surface area contributed by atoms with E-state index >= 15 is 0 Å². The van der Waals surface area contributed by atoms with Gasteiger partial charge in [-0.2, -0.15) is 0 Å². The van der Waals surface area contributed by atoms with Crippen molar-refractivity contribution in [2.24, 2.45) is 5.73 Å². The van der Waals surface area contributed by atoms with Crippen LogP contribution in [0.5, 0.6) is 0 Å². The molecule has 2 rings (SSSR count). The van der Waals surface area contributed by atoms with E-state index < -0.39 is 0 Å². The van der Waals surface area contributed by atoms with Gasteiger partial charge >= 0.3 is 0 Å². The van der Waals surface area contributed by atoms with E-state index in [4.69, 9.17) is 5.73 Å². The third-order valence-corrected chi connectivity index (χ3v) is 2.41. The molecule has 2 aromatic heterocycles. The molecule has 5 heteroatoms. The molecular formula is C10H15N5. The Morgan fingerprint density at radius 2 is 2.40 bits per heavy atom. The van der Waals surface area contributed by atoms with Gasteiger partial charge in [0.25, 0.3) is 0 Å². The Bertz CT molecular complexity index is 436. The number of fused-ring (bicyclic) bond motifs is 1. The molecule has 1 atom stereocenters. The van der Waals surface area contributed by atoms with Crippen LogP contribution in [0.3, 0.4) is 0 Å². The summed E-state index contributed by atoms with van der Waals surface area (Å²) >= 11 is 0. The highest BCUT2D eigenvalue weighted by Gasteiger charge is 2.04. The maximum atomic E-state index is 5.53. The third kappa shape index (κ3) is 2.14. The number of nitrogens with zero attached hydrogens (tertiary/aromatic N) is 2. The predicted molar refractivity (Wildman–Crippen MR) is 59.2 cm³/mol. The van der Waals surface area contributed by atoms with Crippen molar-refractivity contribution in [3.05, 3.63) is 24.2 Å². The van der Waals surface area contributed by atoms with Crippen LogP contribution < -0.4 is 11.1 Å². The zero-order valence-electron chi connectivity index (χ0n) is 8.70. The second-order valence-corrected chi connectivity index (χ2v) is 3.59. The summed E-state index contributed by atoms with van der Waals surface area (Å²) in [6.45, 7) is 3.47. The molecule has 15 heavy (non-hydrogen) atoms. The molecule has 2 heterocycles. The highest BCUT2D eigenvalue weighted by atomic mass is 15.0. The van der Waals surface area contributed by atoms with Crippen molar-refractivity contribution in [3.8, 4) is 0 Å². The predicted octanol–water partition coefficient (Wildman–Crippen LogP) is 0.395. The Labute approximate surface area is 88.1 Å². The summed E-state index contributed by atoms with van der Waals surface area (Å²) in [4.78, 5) is 11.3. The number of H-pyrrole nitrogens is 1. The van der Waals surface area contributed by atoms with Crippen LogP contribution >= 0.6 is 0 Å². The molecule has 0 aromatic carbocycles. The minimum Gasteiger partial charge on any atom is -0.343 e. The SMILES string of the molecule is C[C@@H](CN)NCc1ccnc2nc[nH]c12. The standard InChI is InChI=1S/C10H15N5/c1-7(4-11)13-5-8-2-3-12-10-9(8)14-6-15-10/h2-3,6-7,13H,4-5,11H2,1H3,(H,12,14,15)/t7-/m0/s1. The summed E-state index contributed by atoms with van der Waals surface area (Å²) < 4.78 is 0. The monoisotopic (exact) mass is 205 g/mol. The Balaban J connectivity index is 2.17. The van der Waals surface area contributed by atoms with Gasteiger partial charge in [0.2, 0.25) is 0 Å². The summed E-state index contributed by atoms with van der Waals surface area (Å²) in [6.07, 6.45) is 3.43. The fourth-order valence-corrected chi connectivity index (χ4v) is 1.42. The van der Waals surface area contributed by atoms with Crippen LogP contribution in [-0.2, 0) is 6.54 Å². The van der Waals surface area contributed by atoms with E-state index in [1.807, 2.05) is 6.07 Å². The Morgan fingerprint density at radius 1 is 1.53 bits per heavy atom. The fourth-order valence-electron chi connectivity index (χ4n) is 1.42. The molecule has 4 N–H and O–H groups in total. The first-order chi connectivity index (χ1) is 7.31. The lowest BCUT2D eigenvalue weighted by atomic mass is 10.2. The van der Waals surface area contributed by atoms with Crippen molar-refractivity contribution >= 4 is 11.2 Å². The van der Waals surface area contributed by atoms with Crippen LogP contribution in [0.4, 0.5) is 0 Å². The van der Waals surface area contributed by atoms with Gasteiger partial charge in [0.1, 0.15) is 0 Å². The van der Waals surface area contributed by atoms with Crippen molar-refractivity contribution in [1.82, 2.24) is 20.3 Å². The van der Waals surface area contributed by atoms with Gasteiger partial charge < -0.3 is 16.0 Å². The van der Waals surface area contributed by atoms with Gasteiger partial charge in [0, 0.05) is 25.3 Å². The molecule has 0 saturated heterocycles. The molecule has 0 saturated carbocycles. The molecule has 0 radical (unpaired) electrons. The number of hydrogen-bond donors (Lipinski definition) is 3. The van der Waals surface area contributed by atoms with E-state index in [9.17, 15) is 0 Å². The quantitative estimate of drug-likeness (QED) is 0.674. The van der Waals surface area contributed by atoms with Crippen LogP contribution in [0, 0.1) is 0 Å². The molecule has 5 nitrogen and oxygen atoms in total. The van der Waals surface area contributed by atoms with E-state index in [0.29, 0.717) is 12.6 Å². The van der Waals surface area contributed by atoms with Crippen molar-refractivity contribution in [2.45, 2.75) is 19.5 Å². The smallest absolute Gasteiger partial charge is 0.177 e. The van der Waals surface area contributed by atoms with E-state index in [-0.39, 0.29) is 0 Å². The zero-order valence-corrected chi connectivity index (χ0v) is 8.70. The number of nitrogens with one attached hydrogen (secondary N) is 2. The number of rotatable bonds is 4. The van der Waals surface area contributed by atoms with Crippen molar-refractivity contribution in [3.63, 3.8) is 0 Å². The molecule has 0 aliphatic heterocycles. The summed E-state index contributed by atoms with van der Waals surface area (Å²) in [7, 11) is 0. The molecule has 0 unspecified atom stereocenters. The van der Waals surface area contributed by atoms with Crippen molar-refractivity contribution in [1.29, 1.82) is 0 Å². The number of nitrogens with two attached hydrogens (primary N) is 1. The zero-order chi connectivity index (χ0) is 10.7. The minimum atomic E-state index is 0.316. The van der Waals surface area contributed by atoms with Crippen LogP contribution in [0.25, 0.3) is 11.2 Å². The van der Waals surface area contributed by atoms with Gasteiger partial charge in [-0.15, -0.1) is 0 Å². The van der Waals surface area contributed by atoms with E-state index in [0.717, 1.165) is 23.3 Å². The molecule has 80 valence electrons. The minimum absolute atomic E-state index is 0.316. The van der Waals surface area contributed by atoms with Gasteiger partial charge in [-0.1, -0.05) is 0 Å². The lowest BCUT2D eigenvalue weighted by Crippen LogP contribution is -2.32. The van der Waals surface area contributed by atoms with Gasteiger partial charge in [0.15, 0.2) is 5.65 Å². The average molecular weight is 205 g/mol. The van der Waals surface area contributed by atoms with Gasteiger partial charge in [-0.05, 0) is 18.6 Å². The number of hydrogen-bond acceptors (Lipinski definition) is 4. The van der Waals surface area contributed by atoms with E-state index in [2.05, 4.69) is 27.2 Å². The van der Waals surface area contributed by atoms with E-state index in [1.165, 1.54) is 0 Å². The largest absolute Gasteiger partial charge is 0.343 e. The molecule has 0 fully saturated rings. The maximum Gasteiger partial charge on any atom is 0.177 e. The first-order valence-electron chi connectivity index (χ1n) is 5.01. The number of imidazole rings is 1. The topological polar surface area (TPSA) is 79.6 Å². The van der Waals surface area contributed by atoms with Crippen molar-refractivity contribution < 1.29 is 0 Å². The second-order valence-electron chi connectivity index (χ2n) is 3.59. The number of pyridine rings is 1. The normalized spacial score (nSPS) is 13.2. The molecule has 0 aliphatic rings. The number of aromatic nitrogens is 3. The Morgan fingerprint density at radius 3 is 3.20 bits per heavy atom. The molecule has 0 bridgehead atoms. The van der Waals surface area contributed by atoms with Gasteiger partial charge in [0.05, 0.1) is 11.8 Å². The second kappa shape index (κ2) is 4.37. The Kier molecular flexibility index (Phi) is 2.94. The summed E-state index contributed by atoms with van der Waals surface area (Å²) in [6, 6.07) is 2.30. The van der Waals surface area contributed by atoms with E-state index in [1.54, 1.807) is 12.5 Å². The summed E-state index contributed by atoms with van der Waals surface area (Å²) in [5, 5.41) is 3.33. The highest BCUT2D eigenvalue weighted by molar-refractivity contribution is 5.73. The average Bonchev–Trinajstić information content (AvgIpc) is 2.74. The van der Waals surface area contributed by atoms with Crippen LogP contribution in [0.1, 0.15) is 12.5 Å². The summed E-state index contributed by atoms with van der Waals surface area (Å²) in [5.41, 5.74) is 8.45. The molecule has 0 amide bonds. The lowest BCUT2D eigenvalue weighted by Gasteiger charge is -2.11. The van der Waals surface area contributed by atoms with Gasteiger partial charge in [-0.25, -0.2) is 9.97 Å². The highest BCUT2D eigenvalue weighted by Crippen LogP contribution is 2.11. The van der Waals surface area contributed by atoms with Gasteiger partial charge in [-0.3, -0.25) is 0 Å². The first kappa shape index (κ1) is 10.1. The lowest BCUT2D eigenvalue weighted by molar-refractivity contribution is 0.557.